The molecule has 4 nitrogen and oxygen atoms in total. The maximum absolute atomic E-state index is 11.2. The van der Waals surface area contributed by atoms with Crippen LogP contribution in [0.1, 0.15) is 17.5 Å². The lowest BCUT2D eigenvalue weighted by Gasteiger charge is -2.30. The molecule has 2 rings (SSSR count). The summed E-state index contributed by atoms with van der Waals surface area (Å²) in [5, 5.41) is 14.9. The first-order valence-corrected chi connectivity index (χ1v) is 9.74. The normalized spacial score (nSPS) is 14.6. The van der Waals surface area contributed by atoms with Crippen LogP contribution in [0.15, 0.2) is 48.5 Å². The SMILES string of the molecule is O=CC(Br)NCC(O)(CCOCc1ccccc1)c1ccc(Cl)c(Cl)c1. The summed E-state index contributed by atoms with van der Waals surface area (Å²) < 4.78 is 5.70. The predicted molar refractivity (Wildman–Crippen MR) is 108 cm³/mol. The maximum atomic E-state index is 11.2. The highest BCUT2D eigenvalue weighted by Crippen LogP contribution is 2.31. The van der Waals surface area contributed by atoms with E-state index in [2.05, 4.69) is 21.2 Å². The van der Waals surface area contributed by atoms with Crippen LogP contribution in [0.25, 0.3) is 0 Å². The summed E-state index contributed by atoms with van der Waals surface area (Å²) in [6, 6.07) is 14.8. The van der Waals surface area contributed by atoms with E-state index in [1.165, 1.54) is 0 Å². The Kier molecular flexibility index (Phi) is 8.54. The molecular weight excluding hydrogens is 441 g/mol. The zero-order chi connectivity index (χ0) is 19.0. The smallest absolute Gasteiger partial charge is 0.147 e. The Morgan fingerprint density at radius 1 is 1.19 bits per heavy atom. The van der Waals surface area contributed by atoms with Gasteiger partial charge in [0.25, 0.3) is 0 Å². The van der Waals surface area contributed by atoms with Gasteiger partial charge in [0.05, 0.1) is 23.3 Å². The second kappa shape index (κ2) is 10.4. The van der Waals surface area contributed by atoms with Crippen LogP contribution in [0.2, 0.25) is 10.0 Å². The molecule has 2 aromatic rings. The molecule has 0 heterocycles. The van der Waals surface area contributed by atoms with E-state index in [1.54, 1.807) is 18.2 Å². The van der Waals surface area contributed by atoms with Crippen LogP contribution in [-0.2, 0) is 21.7 Å². The van der Waals surface area contributed by atoms with Gasteiger partial charge >= 0.3 is 0 Å². The van der Waals surface area contributed by atoms with E-state index in [0.717, 1.165) is 5.56 Å². The fraction of sp³-hybridized carbons (Fsp3) is 0.316. The average molecular weight is 461 g/mol. The highest BCUT2D eigenvalue weighted by Gasteiger charge is 2.30. The van der Waals surface area contributed by atoms with Crippen molar-refractivity contribution in [2.75, 3.05) is 13.2 Å². The Bertz CT molecular complexity index is 717. The first-order valence-electron chi connectivity index (χ1n) is 8.07. The van der Waals surface area contributed by atoms with E-state index in [4.69, 9.17) is 27.9 Å². The van der Waals surface area contributed by atoms with Crippen molar-refractivity contribution < 1.29 is 14.6 Å². The highest BCUT2D eigenvalue weighted by atomic mass is 79.9. The van der Waals surface area contributed by atoms with Crippen molar-refractivity contribution >= 4 is 45.4 Å². The van der Waals surface area contributed by atoms with Crippen molar-refractivity contribution in [3.05, 3.63) is 69.7 Å². The third-order valence-electron chi connectivity index (χ3n) is 3.94. The fourth-order valence-electron chi connectivity index (χ4n) is 2.44. The third kappa shape index (κ3) is 6.34. The molecule has 0 saturated heterocycles. The molecule has 0 aromatic heterocycles. The first kappa shape index (κ1) is 21.4. The zero-order valence-corrected chi connectivity index (χ0v) is 17.1. The van der Waals surface area contributed by atoms with Crippen molar-refractivity contribution in [2.24, 2.45) is 0 Å². The lowest BCUT2D eigenvalue weighted by Crippen LogP contribution is -2.42. The number of ether oxygens (including phenoxy) is 1. The Balaban J connectivity index is 2.04. The molecule has 0 fully saturated rings. The zero-order valence-electron chi connectivity index (χ0n) is 14.0. The van der Waals surface area contributed by atoms with Crippen LogP contribution < -0.4 is 5.32 Å². The number of carbonyl (C=O) groups is 1. The molecule has 0 radical (unpaired) electrons. The van der Waals surface area contributed by atoms with Gasteiger partial charge in [-0.2, -0.15) is 0 Å². The Labute approximate surface area is 171 Å². The number of halogens is 3. The topological polar surface area (TPSA) is 58.6 Å². The monoisotopic (exact) mass is 459 g/mol. The molecule has 0 aliphatic heterocycles. The molecule has 0 saturated carbocycles. The second-order valence-electron chi connectivity index (χ2n) is 5.87. The van der Waals surface area contributed by atoms with Crippen LogP contribution in [0.5, 0.6) is 0 Å². The number of alkyl halides is 1. The molecule has 0 aliphatic carbocycles. The Morgan fingerprint density at radius 2 is 1.92 bits per heavy atom. The Hall–Kier alpha value is -0.950. The van der Waals surface area contributed by atoms with Crippen molar-refractivity contribution in [3.8, 4) is 0 Å². The summed E-state index contributed by atoms with van der Waals surface area (Å²) in [5.74, 6) is 0. The van der Waals surface area contributed by atoms with Crippen molar-refractivity contribution in [1.29, 1.82) is 0 Å². The number of benzene rings is 2. The van der Waals surface area contributed by atoms with Crippen molar-refractivity contribution in [2.45, 2.75) is 23.6 Å². The fourth-order valence-corrected chi connectivity index (χ4v) is 2.90. The van der Waals surface area contributed by atoms with E-state index in [1.807, 2.05) is 30.3 Å². The quantitative estimate of drug-likeness (QED) is 0.240. The van der Waals surface area contributed by atoms with Gasteiger partial charge < -0.3 is 14.6 Å². The number of nitrogens with one attached hydrogen (secondary N) is 1. The summed E-state index contributed by atoms with van der Waals surface area (Å²) in [6.07, 6.45) is 1.03. The van der Waals surface area contributed by atoms with Gasteiger partial charge in [0.1, 0.15) is 16.8 Å². The van der Waals surface area contributed by atoms with Crippen LogP contribution in [0, 0.1) is 0 Å². The van der Waals surface area contributed by atoms with E-state index >= 15 is 0 Å². The molecule has 0 amide bonds. The largest absolute Gasteiger partial charge is 0.384 e. The lowest BCUT2D eigenvalue weighted by atomic mass is 9.90. The van der Waals surface area contributed by atoms with E-state index < -0.39 is 10.6 Å². The van der Waals surface area contributed by atoms with Crippen LogP contribution in [-0.4, -0.2) is 29.5 Å². The summed E-state index contributed by atoms with van der Waals surface area (Å²) in [5.41, 5.74) is 0.401. The predicted octanol–water partition coefficient (Wildman–Crippen LogP) is 4.30. The van der Waals surface area contributed by atoms with Gasteiger partial charge in [0.2, 0.25) is 0 Å². The van der Waals surface area contributed by atoms with Gasteiger partial charge in [-0.1, -0.05) is 75.5 Å². The molecule has 26 heavy (non-hydrogen) atoms. The molecule has 2 atom stereocenters. The number of carbonyl (C=O) groups excluding carboxylic acids is 1. The summed E-state index contributed by atoms with van der Waals surface area (Å²) in [6.45, 7) is 0.941. The van der Waals surface area contributed by atoms with Gasteiger partial charge in [-0.15, -0.1) is 0 Å². The number of hydrogen-bond acceptors (Lipinski definition) is 4. The maximum Gasteiger partial charge on any atom is 0.147 e. The van der Waals surface area contributed by atoms with Crippen LogP contribution in [0.3, 0.4) is 0 Å². The highest BCUT2D eigenvalue weighted by molar-refractivity contribution is 9.09. The van der Waals surface area contributed by atoms with Crippen LogP contribution in [0.4, 0.5) is 0 Å². The van der Waals surface area contributed by atoms with Crippen LogP contribution >= 0.6 is 39.1 Å². The average Bonchev–Trinajstić information content (AvgIpc) is 2.66. The molecule has 2 unspecified atom stereocenters. The van der Waals surface area contributed by atoms with E-state index in [0.29, 0.717) is 41.5 Å². The molecule has 140 valence electrons. The molecule has 0 spiro atoms. The molecule has 2 N–H and O–H groups in total. The van der Waals surface area contributed by atoms with Gasteiger partial charge in [-0.25, -0.2) is 0 Å². The van der Waals surface area contributed by atoms with Gasteiger partial charge in [0, 0.05) is 13.0 Å². The van der Waals surface area contributed by atoms with E-state index in [-0.39, 0.29) is 6.54 Å². The number of aliphatic hydroxyl groups is 1. The van der Waals surface area contributed by atoms with Crippen molar-refractivity contribution in [3.63, 3.8) is 0 Å². The molecule has 0 aliphatic rings. The minimum Gasteiger partial charge on any atom is -0.384 e. The standard InChI is InChI=1S/C19H20BrCl2NO3/c20-18(11-24)23-13-19(25,15-6-7-16(21)17(22)10-15)8-9-26-12-14-4-2-1-3-5-14/h1-7,10-11,18,23,25H,8-9,12-13H2. The minimum atomic E-state index is -1.26. The van der Waals surface area contributed by atoms with Gasteiger partial charge in [0.15, 0.2) is 0 Å². The number of hydrogen-bond donors (Lipinski definition) is 2. The number of rotatable bonds is 10. The molecule has 0 bridgehead atoms. The number of aldehydes is 1. The summed E-state index contributed by atoms with van der Waals surface area (Å²) in [4.78, 5) is 10.3. The molecular formula is C19H20BrCl2NO3. The Morgan fingerprint density at radius 3 is 2.58 bits per heavy atom. The molecule has 2 aromatic carbocycles. The first-order chi connectivity index (χ1) is 12.4. The minimum absolute atomic E-state index is 0.147. The summed E-state index contributed by atoms with van der Waals surface area (Å²) >= 11 is 15.2. The lowest BCUT2D eigenvalue weighted by molar-refractivity contribution is -0.108. The third-order valence-corrected chi connectivity index (χ3v) is 5.22. The summed E-state index contributed by atoms with van der Waals surface area (Å²) in [7, 11) is 0. The van der Waals surface area contributed by atoms with E-state index in [9.17, 15) is 9.90 Å². The second-order valence-corrected chi connectivity index (χ2v) is 7.67. The molecule has 7 heteroatoms. The van der Waals surface area contributed by atoms with Crippen molar-refractivity contribution in [1.82, 2.24) is 5.32 Å². The van der Waals surface area contributed by atoms with Gasteiger partial charge in [-0.3, -0.25) is 5.32 Å². The van der Waals surface area contributed by atoms with Gasteiger partial charge in [-0.05, 0) is 23.3 Å².